The van der Waals surface area contributed by atoms with Crippen molar-refractivity contribution in [3.63, 3.8) is 0 Å². The molecule has 8 heteroatoms. The van der Waals surface area contributed by atoms with Crippen molar-refractivity contribution >= 4 is 40.9 Å². The van der Waals surface area contributed by atoms with Gasteiger partial charge in [0.25, 0.3) is 5.91 Å². The Morgan fingerprint density at radius 1 is 1.15 bits per heavy atom. The van der Waals surface area contributed by atoms with Gasteiger partial charge in [-0.05, 0) is 43.2 Å². The number of nitrogens with one attached hydrogen (secondary N) is 1. The Labute approximate surface area is 167 Å². The molecule has 0 fully saturated rings. The number of esters is 1. The number of ether oxygens (including phenoxy) is 2. The first kappa shape index (κ1) is 21.0. The van der Waals surface area contributed by atoms with E-state index in [2.05, 4.69) is 10.3 Å². The first-order valence-electron chi connectivity index (χ1n) is 8.28. The van der Waals surface area contributed by atoms with Gasteiger partial charge in [-0.1, -0.05) is 37.0 Å². The Morgan fingerprint density at radius 3 is 2.44 bits per heavy atom. The molecule has 0 atom stereocenters. The maximum atomic E-state index is 12.0. The number of carbonyl (C=O) groups excluding carboxylic acids is 2. The minimum absolute atomic E-state index is 0.159. The molecule has 1 amide bonds. The fourth-order valence-corrected chi connectivity index (χ4v) is 2.38. The van der Waals surface area contributed by atoms with Gasteiger partial charge in [-0.3, -0.25) is 4.79 Å². The number of nitrogens with zero attached hydrogens (tertiary/aromatic N) is 1. The molecule has 27 heavy (non-hydrogen) atoms. The number of benzene rings is 1. The van der Waals surface area contributed by atoms with E-state index in [4.69, 9.17) is 32.7 Å². The zero-order valence-corrected chi connectivity index (χ0v) is 16.7. The standard InChI is InChI=1S/C19H20Cl2N2O4/c1-11(2)9-26-14-6-4-13(5-7-14)19(25)27-10-17(24)23-18-16(21)8-15(20)12(3)22-18/h4-8,11H,9-10H2,1-3H3,(H,22,23,24). The second-order valence-electron chi connectivity index (χ2n) is 6.24. The Hall–Kier alpha value is -2.31. The average Bonchev–Trinajstić information content (AvgIpc) is 2.63. The van der Waals surface area contributed by atoms with Crippen molar-refractivity contribution in [3.05, 3.63) is 51.6 Å². The number of pyridine rings is 1. The molecule has 0 radical (unpaired) electrons. The van der Waals surface area contributed by atoms with Crippen LogP contribution in [0.3, 0.4) is 0 Å². The summed E-state index contributed by atoms with van der Waals surface area (Å²) in [7, 11) is 0. The molecule has 0 saturated carbocycles. The van der Waals surface area contributed by atoms with Gasteiger partial charge in [-0.15, -0.1) is 0 Å². The minimum Gasteiger partial charge on any atom is -0.493 e. The van der Waals surface area contributed by atoms with Gasteiger partial charge in [0.2, 0.25) is 0 Å². The van der Waals surface area contributed by atoms with Crippen molar-refractivity contribution in [2.75, 3.05) is 18.5 Å². The molecule has 0 unspecified atom stereocenters. The predicted molar refractivity (Wildman–Crippen MR) is 105 cm³/mol. The third-order valence-corrected chi connectivity index (χ3v) is 4.04. The molecule has 0 aliphatic carbocycles. The van der Waals surface area contributed by atoms with E-state index in [0.717, 1.165) is 0 Å². The molecule has 1 heterocycles. The average molecular weight is 411 g/mol. The first-order chi connectivity index (χ1) is 12.8. The van der Waals surface area contributed by atoms with Crippen molar-refractivity contribution in [3.8, 4) is 5.75 Å². The minimum atomic E-state index is -0.619. The van der Waals surface area contributed by atoms with Crippen LogP contribution in [0.25, 0.3) is 0 Å². The molecular formula is C19H20Cl2N2O4. The van der Waals surface area contributed by atoms with Crippen LogP contribution in [-0.2, 0) is 9.53 Å². The Balaban J connectivity index is 1.87. The summed E-state index contributed by atoms with van der Waals surface area (Å²) in [6, 6.07) is 8.00. The van der Waals surface area contributed by atoms with Crippen molar-refractivity contribution in [2.24, 2.45) is 5.92 Å². The van der Waals surface area contributed by atoms with Gasteiger partial charge in [-0.2, -0.15) is 0 Å². The normalized spacial score (nSPS) is 10.6. The van der Waals surface area contributed by atoms with E-state index in [1.807, 2.05) is 13.8 Å². The van der Waals surface area contributed by atoms with Crippen LogP contribution in [-0.4, -0.2) is 30.1 Å². The van der Waals surface area contributed by atoms with Crippen LogP contribution in [0.5, 0.6) is 5.75 Å². The van der Waals surface area contributed by atoms with Crippen LogP contribution in [0.4, 0.5) is 5.82 Å². The second kappa shape index (κ2) is 9.58. The Morgan fingerprint density at radius 2 is 1.81 bits per heavy atom. The van der Waals surface area contributed by atoms with Crippen LogP contribution >= 0.6 is 23.2 Å². The number of hydrogen-bond acceptors (Lipinski definition) is 5. The van der Waals surface area contributed by atoms with Crippen molar-refractivity contribution in [2.45, 2.75) is 20.8 Å². The molecule has 2 aromatic rings. The molecular weight excluding hydrogens is 391 g/mol. The van der Waals surface area contributed by atoms with Crippen molar-refractivity contribution in [1.29, 1.82) is 0 Å². The maximum absolute atomic E-state index is 12.0. The number of aromatic nitrogens is 1. The van der Waals surface area contributed by atoms with Gasteiger partial charge in [-0.25, -0.2) is 9.78 Å². The van der Waals surface area contributed by atoms with E-state index in [-0.39, 0.29) is 10.8 Å². The second-order valence-corrected chi connectivity index (χ2v) is 7.05. The molecule has 144 valence electrons. The topological polar surface area (TPSA) is 77.5 Å². The van der Waals surface area contributed by atoms with Gasteiger partial charge in [0.15, 0.2) is 12.4 Å². The largest absolute Gasteiger partial charge is 0.493 e. The van der Waals surface area contributed by atoms with E-state index >= 15 is 0 Å². The lowest BCUT2D eigenvalue weighted by Crippen LogP contribution is -2.21. The third-order valence-electron chi connectivity index (χ3n) is 3.37. The smallest absolute Gasteiger partial charge is 0.338 e. The summed E-state index contributed by atoms with van der Waals surface area (Å²) in [4.78, 5) is 28.1. The van der Waals surface area contributed by atoms with Crippen molar-refractivity contribution < 1.29 is 19.1 Å². The lowest BCUT2D eigenvalue weighted by atomic mass is 10.2. The van der Waals surface area contributed by atoms with Crippen LogP contribution < -0.4 is 10.1 Å². The number of amides is 1. The van der Waals surface area contributed by atoms with E-state index in [0.29, 0.717) is 34.6 Å². The molecule has 6 nitrogen and oxygen atoms in total. The quantitative estimate of drug-likeness (QED) is 0.678. The zero-order valence-electron chi connectivity index (χ0n) is 15.2. The highest BCUT2D eigenvalue weighted by Crippen LogP contribution is 2.25. The monoisotopic (exact) mass is 410 g/mol. The summed E-state index contributed by atoms with van der Waals surface area (Å²) >= 11 is 11.9. The predicted octanol–water partition coefficient (Wildman–Crippen LogP) is 4.53. The van der Waals surface area contributed by atoms with Crippen molar-refractivity contribution in [1.82, 2.24) is 4.98 Å². The van der Waals surface area contributed by atoms with Gasteiger partial charge in [0.05, 0.1) is 27.9 Å². The molecule has 0 aliphatic rings. The molecule has 0 saturated heterocycles. The van der Waals surface area contributed by atoms with Crippen LogP contribution in [0.1, 0.15) is 29.9 Å². The number of hydrogen-bond donors (Lipinski definition) is 1. The summed E-state index contributed by atoms with van der Waals surface area (Å²) in [6.45, 7) is 5.90. The molecule has 1 N–H and O–H groups in total. The van der Waals surface area contributed by atoms with Crippen LogP contribution in [0.15, 0.2) is 30.3 Å². The number of aryl methyl sites for hydroxylation is 1. The highest BCUT2D eigenvalue weighted by atomic mass is 35.5. The molecule has 0 aliphatic heterocycles. The lowest BCUT2D eigenvalue weighted by molar-refractivity contribution is -0.119. The maximum Gasteiger partial charge on any atom is 0.338 e. The first-order valence-corrected chi connectivity index (χ1v) is 9.04. The van der Waals surface area contributed by atoms with E-state index in [9.17, 15) is 9.59 Å². The Kier molecular flexibility index (Phi) is 7.45. The number of rotatable bonds is 7. The fraction of sp³-hybridized carbons (Fsp3) is 0.316. The SMILES string of the molecule is Cc1nc(NC(=O)COC(=O)c2ccc(OCC(C)C)cc2)c(Cl)cc1Cl. The highest BCUT2D eigenvalue weighted by molar-refractivity contribution is 6.36. The van der Waals surface area contributed by atoms with E-state index in [1.165, 1.54) is 6.07 Å². The number of carbonyl (C=O) groups is 2. The summed E-state index contributed by atoms with van der Waals surface area (Å²) in [5.41, 5.74) is 0.839. The fourth-order valence-electron chi connectivity index (χ4n) is 1.98. The van der Waals surface area contributed by atoms with Gasteiger partial charge < -0.3 is 14.8 Å². The van der Waals surface area contributed by atoms with Gasteiger partial charge >= 0.3 is 5.97 Å². The van der Waals surface area contributed by atoms with Crippen LogP contribution in [0, 0.1) is 12.8 Å². The van der Waals surface area contributed by atoms with E-state index in [1.54, 1.807) is 31.2 Å². The number of anilines is 1. The third kappa shape index (κ3) is 6.41. The summed E-state index contributed by atoms with van der Waals surface area (Å²) in [6.07, 6.45) is 0. The van der Waals surface area contributed by atoms with Gasteiger partial charge in [0.1, 0.15) is 5.75 Å². The summed E-state index contributed by atoms with van der Waals surface area (Å²) < 4.78 is 10.6. The van der Waals surface area contributed by atoms with Crippen LogP contribution in [0.2, 0.25) is 10.0 Å². The lowest BCUT2D eigenvalue weighted by Gasteiger charge is -2.10. The Bertz CT molecular complexity index is 823. The van der Waals surface area contributed by atoms with E-state index < -0.39 is 18.5 Å². The molecule has 2 rings (SSSR count). The molecule has 1 aromatic carbocycles. The zero-order chi connectivity index (χ0) is 20.0. The number of halogens is 2. The highest BCUT2D eigenvalue weighted by Gasteiger charge is 2.13. The van der Waals surface area contributed by atoms with Gasteiger partial charge in [0, 0.05) is 0 Å². The summed E-state index contributed by atoms with van der Waals surface area (Å²) in [5, 5.41) is 3.07. The molecule has 0 spiro atoms. The molecule has 1 aromatic heterocycles. The molecule has 0 bridgehead atoms. The summed E-state index contributed by atoms with van der Waals surface area (Å²) in [5.74, 6) is 0.0481.